The van der Waals surface area contributed by atoms with E-state index in [0.29, 0.717) is 23.8 Å². The van der Waals surface area contributed by atoms with Crippen molar-refractivity contribution in [1.29, 1.82) is 0 Å². The Kier molecular flexibility index (Phi) is 10.1. The standard InChI is InChI=1S/C18H16N3O3.C5H5.Fe/c1-24-17-9-13(6-7-16(17)22)8-15(10-21-12-19-11-20-21)18(23)14-4-2-3-5-14;1-2-4-5-3-1;/h2-9,11-12,22H,10H2,1H3;1-5H;/q;;+2/b15-8+;;. The van der Waals surface area contributed by atoms with Crippen LogP contribution in [-0.2, 0) is 28.4 Å². The monoisotopic (exact) mass is 443 g/mol. The van der Waals surface area contributed by atoms with Crippen LogP contribution < -0.4 is 4.74 Å². The van der Waals surface area contributed by atoms with Gasteiger partial charge in [0.2, 0.25) is 0 Å². The molecule has 6 nitrogen and oxygen atoms in total. The minimum atomic E-state index is -0.0810. The molecular weight excluding hydrogens is 422 g/mol. The van der Waals surface area contributed by atoms with Crippen LogP contribution in [0.4, 0.5) is 0 Å². The maximum atomic E-state index is 12.7. The first-order valence-corrected chi connectivity index (χ1v) is 9.00. The zero-order valence-electron chi connectivity index (χ0n) is 16.3. The van der Waals surface area contributed by atoms with Crippen molar-refractivity contribution < 1.29 is 31.7 Å². The third-order valence-corrected chi connectivity index (χ3v) is 4.12. The number of ether oxygens (including phenoxy) is 1. The van der Waals surface area contributed by atoms with Crippen LogP contribution in [0.25, 0.3) is 6.08 Å². The molecule has 0 amide bonds. The predicted octanol–water partition coefficient (Wildman–Crippen LogP) is 3.07. The number of ketones is 1. The Labute approximate surface area is 189 Å². The molecule has 7 heteroatoms. The van der Waals surface area contributed by atoms with Crippen LogP contribution in [0, 0.1) is 63.7 Å². The molecule has 4 rings (SSSR count). The summed E-state index contributed by atoms with van der Waals surface area (Å²) in [5, 5.41) is 13.8. The van der Waals surface area contributed by atoms with Crippen LogP contribution in [0.2, 0.25) is 0 Å². The fraction of sp³-hybridized carbons (Fsp3) is 0.0870. The summed E-state index contributed by atoms with van der Waals surface area (Å²) in [4.78, 5) is 16.7. The molecule has 2 saturated carbocycles. The van der Waals surface area contributed by atoms with Crippen molar-refractivity contribution >= 4 is 11.9 Å². The van der Waals surface area contributed by atoms with E-state index in [1.165, 1.54) is 19.5 Å². The first kappa shape index (κ1) is 24.2. The number of Topliss-reactive ketones (excluding diaryl/α,β-unsaturated/α-hetero) is 1. The van der Waals surface area contributed by atoms with E-state index >= 15 is 0 Å². The van der Waals surface area contributed by atoms with Gasteiger partial charge < -0.3 is 9.84 Å². The molecule has 152 valence electrons. The minimum absolute atomic E-state index is 0. The average molecular weight is 443 g/mol. The van der Waals surface area contributed by atoms with E-state index in [1.54, 1.807) is 42.1 Å². The number of nitrogens with zero attached hydrogens (tertiary/aromatic N) is 3. The van der Waals surface area contributed by atoms with Gasteiger partial charge >= 0.3 is 17.1 Å². The second-order valence-electron chi connectivity index (χ2n) is 6.16. The van der Waals surface area contributed by atoms with Gasteiger partial charge in [-0.1, -0.05) is 6.07 Å². The third-order valence-electron chi connectivity index (χ3n) is 4.12. The number of aromatic hydroxyl groups is 1. The molecule has 2 aliphatic carbocycles. The number of phenolic OH excluding ortho intramolecular Hbond substituents is 1. The normalized spacial score (nSPS) is 16.5. The summed E-state index contributed by atoms with van der Waals surface area (Å²) in [6.45, 7) is 0.299. The van der Waals surface area contributed by atoms with E-state index < -0.39 is 0 Å². The summed E-state index contributed by atoms with van der Waals surface area (Å²) >= 11 is 0. The Hall–Kier alpha value is -2.11. The number of carbonyl (C=O) groups is 1. The van der Waals surface area contributed by atoms with Crippen molar-refractivity contribution in [3.8, 4) is 11.5 Å². The maximum Gasteiger partial charge on any atom is 2.00 e. The molecule has 1 aromatic carbocycles. The van der Waals surface area contributed by atoms with Crippen LogP contribution in [0.3, 0.4) is 0 Å². The number of allylic oxidation sites excluding steroid dienone is 1. The zero-order valence-corrected chi connectivity index (χ0v) is 17.4. The summed E-state index contributed by atoms with van der Waals surface area (Å²) in [7, 11) is 1.48. The van der Waals surface area contributed by atoms with Crippen molar-refractivity contribution in [3.05, 3.63) is 106 Å². The number of methoxy groups -OCH3 is 1. The van der Waals surface area contributed by atoms with Crippen LogP contribution in [-0.4, -0.2) is 32.8 Å². The molecule has 2 aliphatic rings. The van der Waals surface area contributed by atoms with Gasteiger partial charge in [0.15, 0.2) is 17.3 Å². The molecule has 2 aromatic rings. The average Bonchev–Trinajstić information content (AvgIpc) is 3.53. The fourth-order valence-corrected chi connectivity index (χ4v) is 2.69. The number of rotatable bonds is 6. The molecule has 30 heavy (non-hydrogen) atoms. The van der Waals surface area contributed by atoms with Crippen LogP contribution in [0.1, 0.15) is 5.56 Å². The number of hydrogen-bond donors (Lipinski definition) is 1. The molecule has 0 aliphatic heterocycles. The summed E-state index contributed by atoms with van der Waals surface area (Å²) in [6, 6.07) is 4.93. The van der Waals surface area contributed by atoms with Gasteiger partial charge in [-0.15, -0.1) is 0 Å². The second kappa shape index (κ2) is 12.6. The summed E-state index contributed by atoms with van der Waals surface area (Å²) in [6.07, 6.45) is 21.9. The van der Waals surface area contributed by atoms with Gasteiger partial charge in [-0.05, 0) is 81.6 Å². The molecule has 0 atom stereocenters. The van der Waals surface area contributed by atoms with E-state index in [1.807, 2.05) is 44.9 Å². The summed E-state index contributed by atoms with van der Waals surface area (Å²) < 4.78 is 6.70. The van der Waals surface area contributed by atoms with Crippen molar-refractivity contribution in [2.45, 2.75) is 6.54 Å². The third kappa shape index (κ3) is 6.99. The molecule has 1 aromatic heterocycles. The topological polar surface area (TPSA) is 77.2 Å². The smallest absolute Gasteiger partial charge is 0.504 e. The molecule has 0 unspecified atom stereocenters. The number of hydrogen-bond acceptors (Lipinski definition) is 5. The number of carbonyl (C=O) groups excluding carboxylic acids is 1. The van der Waals surface area contributed by atoms with Crippen LogP contribution in [0.15, 0.2) is 36.4 Å². The molecular formula is C23H21FeN3O3+2. The Balaban J connectivity index is 0.000000468. The minimum Gasteiger partial charge on any atom is -0.504 e. The second-order valence-corrected chi connectivity index (χ2v) is 6.16. The predicted molar refractivity (Wildman–Crippen MR) is 110 cm³/mol. The van der Waals surface area contributed by atoms with Gasteiger partial charge in [-0.3, -0.25) is 4.79 Å². The largest absolute Gasteiger partial charge is 2.00 e. The van der Waals surface area contributed by atoms with E-state index in [-0.39, 0.29) is 28.6 Å². The molecule has 1 N–H and O–H groups in total. The van der Waals surface area contributed by atoms with E-state index in [0.717, 1.165) is 5.56 Å². The Morgan fingerprint density at radius 3 is 2.33 bits per heavy atom. The van der Waals surface area contributed by atoms with Gasteiger partial charge in [0.1, 0.15) is 12.7 Å². The van der Waals surface area contributed by atoms with Gasteiger partial charge in [0.25, 0.3) is 0 Å². The van der Waals surface area contributed by atoms with Crippen LogP contribution >= 0.6 is 0 Å². The molecule has 0 spiro atoms. The Morgan fingerprint density at radius 1 is 1.10 bits per heavy atom. The van der Waals surface area contributed by atoms with Crippen LogP contribution in [0.5, 0.6) is 11.5 Å². The maximum absolute atomic E-state index is 12.7. The van der Waals surface area contributed by atoms with E-state index in [9.17, 15) is 9.90 Å². The van der Waals surface area contributed by atoms with E-state index in [4.69, 9.17) is 4.74 Å². The van der Waals surface area contributed by atoms with Gasteiger partial charge in [0.05, 0.1) is 19.6 Å². The molecule has 10 radical (unpaired) electrons. The summed E-state index contributed by atoms with van der Waals surface area (Å²) in [5.41, 5.74) is 1.30. The fourth-order valence-electron chi connectivity index (χ4n) is 2.69. The first-order valence-electron chi connectivity index (χ1n) is 9.00. The van der Waals surface area contributed by atoms with Crippen molar-refractivity contribution in [3.63, 3.8) is 0 Å². The zero-order chi connectivity index (χ0) is 20.5. The van der Waals surface area contributed by atoms with Crippen molar-refractivity contribution in [2.24, 2.45) is 0 Å². The number of phenols is 1. The Morgan fingerprint density at radius 2 is 1.77 bits per heavy atom. The summed E-state index contributed by atoms with van der Waals surface area (Å²) in [5.74, 6) is 0.939. The Bertz CT molecular complexity index is 803. The van der Waals surface area contributed by atoms with Crippen molar-refractivity contribution in [1.82, 2.24) is 14.8 Å². The number of aromatic nitrogens is 3. The van der Waals surface area contributed by atoms with Gasteiger partial charge in [-0.25, -0.2) is 9.67 Å². The van der Waals surface area contributed by atoms with Crippen molar-refractivity contribution in [2.75, 3.05) is 7.11 Å². The van der Waals surface area contributed by atoms with Gasteiger partial charge in [-0.2, -0.15) is 5.10 Å². The molecule has 0 saturated heterocycles. The number of benzene rings is 1. The quantitative estimate of drug-likeness (QED) is 0.549. The molecule has 2 fully saturated rings. The molecule has 0 bridgehead atoms. The SMILES string of the molecule is COc1cc(/C=C(\Cn2cncn2)C(=O)[C]2[CH][CH][CH][CH]2)ccc1O.[CH]1[CH][CH][CH][CH]1.[Fe+2]. The van der Waals surface area contributed by atoms with Gasteiger partial charge in [0, 0.05) is 5.57 Å². The van der Waals surface area contributed by atoms with E-state index in [2.05, 4.69) is 10.1 Å². The first-order chi connectivity index (χ1) is 14.2. The molecule has 1 heterocycles.